The Morgan fingerprint density at radius 1 is 1.18 bits per heavy atom. The second-order valence-electron chi connectivity index (χ2n) is 7.55. The summed E-state index contributed by atoms with van der Waals surface area (Å²) in [6.07, 6.45) is 9.21. The molecule has 0 aliphatic carbocycles. The summed E-state index contributed by atoms with van der Waals surface area (Å²) in [5.41, 5.74) is 1.32. The number of hydrogen-bond donors (Lipinski definition) is 0. The highest BCUT2D eigenvalue weighted by atomic mass is 16.3. The molecule has 3 fully saturated rings. The molecule has 4 heterocycles. The van der Waals surface area contributed by atoms with Crippen LogP contribution in [0.3, 0.4) is 0 Å². The maximum absolute atomic E-state index is 5.21. The van der Waals surface area contributed by atoms with E-state index < -0.39 is 0 Å². The third-order valence-electron chi connectivity index (χ3n) is 6.11. The summed E-state index contributed by atoms with van der Waals surface area (Å²) in [5, 5.41) is 0. The number of rotatable bonds is 4. The van der Waals surface area contributed by atoms with Crippen LogP contribution in [0.4, 0.5) is 0 Å². The van der Waals surface area contributed by atoms with Crippen molar-refractivity contribution >= 4 is 0 Å². The number of hydrogen-bond acceptors (Lipinski definition) is 4. The van der Waals surface area contributed by atoms with Crippen LogP contribution in [0.15, 0.2) is 23.0 Å². The van der Waals surface area contributed by atoms with Crippen LogP contribution in [0.25, 0.3) is 0 Å². The van der Waals surface area contributed by atoms with Crippen LogP contribution < -0.4 is 0 Å². The van der Waals surface area contributed by atoms with Gasteiger partial charge in [0.2, 0.25) is 0 Å². The molecule has 122 valence electrons. The fourth-order valence-corrected chi connectivity index (χ4v) is 4.90. The maximum atomic E-state index is 5.21. The normalized spacial score (nSPS) is 34.3. The van der Waals surface area contributed by atoms with E-state index in [-0.39, 0.29) is 0 Å². The molecule has 0 amide bonds. The Morgan fingerprint density at radius 3 is 2.82 bits per heavy atom. The van der Waals surface area contributed by atoms with Crippen LogP contribution in [-0.2, 0) is 6.54 Å². The number of likely N-dealkylation sites (N-methyl/N-ethyl adjacent to an activating group) is 1. The standard InChI is InChI=1S/C18H29N3O/c1-19-17(13-20-6-2-3-7-20)10-16-12-21(8-4-18(16)19)11-15-5-9-22-14-15/h5,9,14,16-18H,2-4,6-8,10-13H2,1H3/t16-,17+,18+/m0/s1. The van der Waals surface area contributed by atoms with E-state index in [9.17, 15) is 0 Å². The predicted octanol–water partition coefficient (Wildman–Crippen LogP) is 2.27. The van der Waals surface area contributed by atoms with Gasteiger partial charge in [0.1, 0.15) is 0 Å². The number of fused-ring (bicyclic) bond motifs is 1. The summed E-state index contributed by atoms with van der Waals surface area (Å²) in [4.78, 5) is 8.01. The molecule has 1 aromatic rings. The zero-order chi connectivity index (χ0) is 14.9. The summed E-state index contributed by atoms with van der Waals surface area (Å²) in [7, 11) is 2.37. The van der Waals surface area contributed by atoms with Crippen LogP contribution in [0.5, 0.6) is 0 Å². The van der Waals surface area contributed by atoms with Crippen molar-refractivity contribution in [1.82, 2.24) is 14.7 Å². The number of nitrogens with zero attached hydrogens (tertiary/aromatic N) is 3. The number of furan rings is 1. The Morgan fingerprint density at radius 2 is 2.05 bits per heavy atom. The van der Waals surface area contributed by atoms with E-state index in [2.05, 4.69) is 27.8 Å². The summed E-state index contributed by atoms with van der Waals surface area (Å²) in [6, 6.07) is 3.69. The number of piperidine rings is 1. The average molecular weight is 303 g/mol. The van der Waals surface area contributed by atoms with Crippen molar-refractivity contribution < 1.29 is 4.42 Å². The first-order valence-electron chi connectivity index (χ1n) is 8.97. The fraction of sp³-hybridized carbons (Fsp3) is 0.778. The molecule has 1 aromatic heterocycles. The molecule has 0 spiro atoms. The quantitative estimate of drug-likeness (QED) is 0.851. The monoisotopic (exact) mass is 303 g/mol. The first kappa shape index (κ1) is 14.7. The molecule has 0 saturated carbocycles. The Balaban J connectivity index is 1.34. The number of likely N-dealkylation sites (tertiary alicyclic amines) is 3. The van der Waals surface area contributed by atoms with Gasteiger partial charge in [0.25, 0.3) is 0 Å². The molecule has 3 atom stereocenters. The van der Waals surface area contributed by atoms with Crippen molar-refractivity contribution in [3.8, 4) is 0 Å². The lowest BCUT2D eigenvalue weighted by atomic mass is 9.92. The Kier molecular flexibility index (Phi) is 4.25. The van der Waals surface area contributed by atoms with Gasteiger partial charge >= 0.3 is 0 Å². The highest BCUT2D eigenvalue weighted by molar-refractivity contribution is 5.06. The van der Waals surface area contributed by atoms with Gasteiger partial charge in [0.05, 0.1) is 12.5 Å². The van der Waals surface area contributed by atoms with E-state index in [1.807, 2.05) is 6.26 Å². The minimum atomic E-state index is 0.780. The molecule has 0 N–H and O–H groups in total. The molecule has 0 radical (unpaired) electrons. The molecule has 3 saturated heterocycles. The third kappa shape index (κ3) is 2.97. The zero-order valence-corrected chi connectivity index (χ0v) is 13.8. The van der Waals surface area contributed by atoms with Gasteiger partial charge in [-0.05, 0) is 64.3 Å². The molecule has 0 unspecified atom stereocenters. The van der Waals surface area contributed by atoms with Crippen molar-refractivity contribution in [2.75, 3.05) is 39.8 Å². The molecular formula is C18H29N3O. The molecule has 4 rings (SSSR count). The van der Waals surface area contributed by atoms with Crippen LogP contribution in [0.2, 0.25) is 0 Å². The molecule has 0 aromatic carbocycles. The van der Waals surface area contributed by atoms with E-state index in [1.54, 1.807) is 6.26 Å². The predicted molar refractivity (Wildman–Crippen MR) is 87.7 cm³/mol. The van der Waals surface area contributed by atoms with Gasteiger partial charge in [-0.15, -0.1) is 0 Å². The Bertz CT molecular complexity index is 469. The van der Waals surface area contributed by atoms with Gasteiger partial charge in [-0.2, -0.15) is 0 Å². The first-order chi connectivity index (χ1) is 10.8. The second kappa shape index (κ2) is 6.34. The van der Waals surface area contributed by atoms with E-state index in [4.69, 9.17) is 4.42 Å². The second-order valence-corrected chi connectivity index (χ2v) is 7.55. The fourth-order valence-electron chi connectivity index (χ4n) is 4.90. The van der Waals surface area contributed by atoms with Crippen molar-refractivity contribution in [1.29, 1.82) is 0 Å². The highest BCUT2D eigenvalue weighted by Gasteiger charge is 2.42. The lowest BCUT2D eigenvalue weighted by molar-refractivity contribution is 0.107. The van der Waals surface area contributed by atoms with Gasteiger partial charge in [0, 0.05) is 37.3 Å². The van der Waals surface area contributed by atoms with Crippen LogP contribution >= 0.6 is 0 Å². The molecule has 4 nitrogen and oxygen atoms in total. The molecular weight excluding hydrogens is 274 g/mol. The van der Waals surface area contributed by atoms with Gasteiger partial charge < -0.3 is 9.32 Å². The van der Waals surface area contributed by atoms with Crippen LogP contribution in [-0.4, -0.2) is 66.6 Å². The largest absolute Gasteiger partial charge is 0.472 e. The van der Waals surface area contributed by atoms with E-state index in [0.29, 0.717) is 0 Å². The van der Waals surface area contributed by atoms with Crippen LogP contribution in [0.1, 0.15) is 31.2 Å². The van der Waals surface area contributed by atoms with Crippen molar-refractivity contribution in [2.45, 2.75) is 44.3 Å². The molecule has 3 aliphatic rings. The van der Waals surface area contributed by atoms with Gasteiger partial charge in [-0.1, -0.05) is 0 Å². The van der Waals surface area contributed by atoms with Crippen molar-refractivity contribution in [3.63, 3.8) is 0 Å². The summed E-state index contributed by atoms with van der Waals surface area (Å²) < 4.78 is 5.21. The summed E-state index contributed by atoms with van der Waals surface area (Å²) >= 11 is 0. The van der Waals surface area contributed by atoms with E-state index in [0.717, 1.165) is 24.5 Å². The minimum absolute atomic E-state index is 0.780. The highest BCUT2D eigenvalue weighted by Crippen LogP contribution is 2.35. The lowest BCUT2D eigenvalue weighted by Gasteiger charge is -2.37. The topological polar surface area (TPSA) is 22.9 Å². The smallest absolute Gasteiger partial charge is 0.0947 e. The third-order valence-corrected chi connectivity index (χ3v) is 6.11. The summed E-state index contributed by atoms with van der Waals surface area (Å²) in [6.45, 7) is 7.49. The zero-order valence-electron chi connectivity index (χ0n) is 13.8. The Labute approximate surface area is 134 Å². The minimum Gasteiger partial charge on any atom is -0.472 e. The van der Waals surface area contributed by atoms with Gasteiger partial charge in [0.15, 0.2) is 0 Å². The molecule has 22 heavy (non-hydrogen) atoms. The molecule has 0 bridgehead atoms. The summed E-state index contributed by atoms with van der Waals surface area (Å²) in [5.74, 6) is 0.859. The van der Waals surface area contributed by atoms with Crippen molar-refractivity contribution in [3.05, 3.63) is 24.2 Å². The lowest BCUT2D eigenvalue weighted by Crippen LogP contribution is -2.46. The molecule has 4 heteroatoms. The molecule has 3 aliphatic heterocycles. The van der Waals surface area contributed by atoms with Crippen molar-refractivity contribution in [2.24, 2.45) is 5.92 Å². The van der Waals surface area contributed by atoms with E-state index in [1.165, 1.54) is 64.0 Å². The average Bonchev–Trinajstić information content (AvgIpc) is 3.24. The van der Waals surface area contributed by atoms with Crippen LogP contribution in [0, 0.1) is 5.92 Å². The maximum Gasteiger partial charge on any atom is 0.0947 e. The van der Waals surface area contributed by atoms with Gasteiger partial charge in [-0.3, -0.25) is 9.80 Å². The SMILES string of the molecule is CN1[C@@H](CN2CCCC2)C[C@H]2CN(Cc3ccoc3)CC[C@H]21. The van der Waals surface area contributed by atoms with Gasteiger partial charge in [-0.25, -0.2) is 0 Å². The van der Waals surface area contributed by atoms with E-state index >= 15 is 0 Å². The first-order valence-corrected chi connectivity index (χ1v) is 8.97. The Hall–Kier alpha value is -0.840.